The third-order valence-corrected chi connectivity index (χ3v) is 4.06. The van der Waals surface area contributed by atoms with Crippen LogP contribution in [0.1, 0.15) is 31.7 Å². The minimum absolute atomic E-state index is 0.0314. The number of halogens is 1. The molecule has 0 spiro atoms. The minimum Gasteiger partial charge on any atom is -0.484 e. The average molecular weight is 410 g/mol. The molecule has 0 bridgehead atoms. The topological polar surface area (TPSA) is 51.2 Å². The summed E-state index contributed by atoms with van der Waals surface area (Å²) in [6, 6.07) is 11.5. The van der Waals surface area contributed by atoms with Crippen LogP contribution >= 0.6 is 22.6 Å². The summed E-state index contributed by atoms with van der Waals surface area (Å²) in [4.78, 5) is 15.9. The molecule has 1 aromatic heterocycles. The van der Waals surface area contributed by atoms with Crippen LogP contribution in [0.3, 0.4) is 0 Å². The highest BCUT2D eigenvalue weighted by Crippen LogP contribution is 2.21. The van der Waals surface area contributed by atoms with Gasteiger partial charge in [0.1, 0.15) is 11.6 Å². The van der Waals surface area contributed by atoms with Crippen LogP contribution in [0.15, 0.2) is 42.6 Å². The average Bonchev–Trinajstić information content (AvgIpc) is 2.55. The number of rotatable bonds is 6. The molecule has 1 N–H and O–H groups in total. The Morgan fingerprint density at radius 2 is 2.00 bits per heavy atom. The van der Waals surface area contributed by atoms with Gasteiger partial charge in [-0.15, -0.1) is 0 Å². The number of hydrogen-bond acceptors (Lipinski definition) is 3. The first-order valence-corrected chi connectivity index (χ1v) is 8.30. The quantitative estimate of drug-likeness (QED) is 0.726. The van der Waals surface area contributed by atoms with Gasteiger partial charge in [0, 0.05) is 9.77 Å². The van der Waals surface area contributed by atoms with Crippen molar-refractivity contribution in [2.24, 2.45) is 0 Å². The zero-order valence-corrected chi connectivity index (χ0v) is 14.8. The van der Waals surface area contributed by atoms with Gasteiger partial charge in [-0.2, -0.15) is 0 Å². The Bertz CT molecular complexity index is 612. The molecular weight excluding hydrogens is 391 g/mol. The molecule has 0 fully saturated rings. The zero-order valence-electron chi connectivity index (χ0n) is 12.7. The summed E-state index contributed by atoms with van der Waals surface area (Å²) in [5, 5.41) is 2.70. The fourth-order valence-corrected chi connectivity index (χ4v) is 2.22. The molecule has 0 aliphatic heterocycles. The van der Waals surface area contributed by atoms with Crippen LogP contribution in [0.25, 0.3) is 0 Å². The number of aromatic nitrogens is 1. The Kier molecular flexibility index (Phi) is 6.18. The Morgan fingerprint density at radius 3 is 2.59 bits per heavy atom. The summed E-state index contributed by atoms with van der Waals surface area (Å²) in [6.07, 6.45) is 2.80. The fourth-order valence-electron chi connectivity index (χ4n) is 1.91. The van der Waals surface area contributed by atoms with E-state index in [-0.39, 0.29) is 12.5 Å². The van der Waals surface area contributed by atoms with E-state index in [0.717, 1.165) is 9.99 Å². The number of pyridine rings is 1. The van der Waals surface area contributed by atoms with Gasteiger partial charge in [-0.05, 0) is 64.8 Å². The van der Waals surface area contributed by atoms with E-state index in [2.05, 4.69) is 46.7 Å². The van der Waals surface area contributed by atoms with Gasteiger partial charge in [-0.1, -0.05) is 26.0 Å². The van der Waals surface area contributed by atoms with E-state index in [0.29, 0.717) is 17.5 Å². The molecule has 22 heavy (non-hydrogen) atoms. The van der Waals surface area contributed by atoms with Gasteiger partial charge >= 0.3 is 0 Å². The van der Waals surface area contributed by atoms with E-state index >= 15 is 0 Å². The Morgan fingerprint density at radius 1 is 1.27 bits per heavy atom. The maximum absolute atomic E-state index is 11.8. The van der Waals surface area contributed by atoms with Crippen LogP contribution < -0.4 is 10.1 Å². The Balaban J connectivity index is 1.84. The van der Waals surface area contributed by atoms with E-state index in [1.54, 1.807) is 12.3 Å². The number of ether oxygens (including phenoxy) is 1. The standard InChI is InChI=1S/C17H19IN2O2/c1-3-12(2)13-4-7-15(8-5-13)22-11-17(21)20-16-9-6-14(18)10-19-16/h4-10,12H,3,11H2,1-2H3,(H,19,20,21)/t12-/m1/s1. The van der Waals surface area contributed by atoms with E-state index in [1.165, 1.54) is 5.56 Å². The minimum atomic E-state index is -0.222. The molecule has 0 unspecified atom stereocenters. The number of carbonyl (C=O) groups excluding carboxylic acids is 1. The lowest BCUT2D eigenvalue weighted by Crippen LogP contribution is -2.20. The molecule has 2 aromatic rings. The van der Waals surface area contributed by atoms with Gasteiger partial charge < -0.3 is 10.1 Å². The Hall–Kier alpha value is -1.63. The molecule has 5 heteroatoms. The third-order valence-electron chi connectivity index (χ3n) is 3.43. The van der Waals surface area contributed by atoms with E-state index in [1.807, 2.05) is 30.3 Å². The monoisotopic (exact) mass is 410 g/mol. The third kappa shape index (κ3) is 4.98. The molecule has 0 radical (unpaired) electrons. The van der Waals surface area contributed by atoms with E-state index in [4.69, 9.17) is 4.74 Å². The second-order valence-electron chi connectivity index (χ2n) is 5.08. The molecule has 1 atom stereocenters. The first-order chi connectivity index (χ1) is 10.6. The van der Waals surface area contributed by atoms with Gasteiger partial charge in [0.25, 0.3) is 5.91 Å². The van der Waals surface area contributed by atoms with Crippen LogP contribution in [0.2, 0.25) is 0 Å². The van der Waals surface area contributed by atoms with Gasteiger partial charge in [-0.3, -0.25) is 4.79 Å². The van der Waals surface area contributed by atoms with Crippen LogP contribution in [0, 0.1) is 3.57 Å². The van der Waals surface area contributed by atoms with Crippen molar-refractivity contribution in [2.45, 2.75) is 26.2 Å². The highest BCUT2D eigenvalue weighted by atomic mass is 127. The van der Waals surface area contributed by atoms with Gasteiger partial charge in [0.2, 0.25) is 0 Å². The maximum atomic E-state index is 11.8. The first-order valence-electron chi connectivity index (χ1n) is 7.22. The largest absolute Gasteiger partial charge is 0.484 e. The fraction of sp³-hybridized carbons (Fsp3) is 0.294. The van der Waals surface area contributed by atoms with Gasteiger partial charge in [0.15, 0.2) is 6.61 Å². The van der Waals surface area contributed by atoms with Crippen LogP contribution in [0.5, 0.6) is 5.75 Å². The van der Waals surface area contributed by atoms with Crippen molar-refractivity contribution in [1.29, 1.82) is 0 Å². The number of nitrogens with one attached hydrogen (secondary N) is 1. The predicted octanol–water partition coefficient (Wildman–Crippen LogP) is 4.22. The number of hydrogen-bond donors (Lipinski definition) is 1. The van der Waals surface area contributed by atoms with Crippen molar-refractivity contribution >= 4 is 34.3 Å². The lowest BCUT2D eigenvalue weighted by Gasteiger charge is -2.10. The van der Waals surface area contributed by atoms with Gasteiger partial charge in [0.05, 0.1) is 0 Å². The van der Waals surface area contributed by atoms with E-state index < -0.39 is 0 Å². The van der Waals surface area contributed by atoms with Crippen molar-refractivity contribution in [2.75, 3.05) is 11.9 Å². The van der Waals surface area contributed by atoms with Crippen LogP contribution in [-0.2, 0) is 4.79 Å². The highest BCUT2D eigenvalue weighted by molar-refractivity contribution is 14.1. The molecule has 1 amide bonds. The SMILES string of the molecule is CC[C@@H](C)c1ccc(OCC(=O)Nc2ccc(I)cn2)cc1. The summed E-state index contributed by atoms with van der Waals surface area (Å²) in [7, 11) is 0. The van der Waals surface area contributed by atoms with Crippen molar-refractivity contribution < 1.29 is 9.53 Å². The second kappa shape index (κ2) is 8.12. The molecular formula is C17H19IN2O2. The molecule has 1 heterocycles. The lowest BCUT2D eigenvalue weighted by molar-refractivity contribution is -0.118. The molecule has 0 aliphatic carbocycles. The number of nitrogens with zero attached hydrogens (tertiary/aromatic N) is 1. The van der Waals surface area contributed by atoms with Crippen molar-refractivity contribution in [1.82, 2.24) is 4.98 Å². The highest BCUT2D eigenvalue weighted by Gasteiger charge is 2.06. The molecule has 4 nitrogen and oxygen atoms in total. The number of amides is 1. The first kappa shape index (κ1) is 16.7. The molecule has 0 saturated carbocycles. The second-order valence-corrected chi connectivity index (χ2v) is 6.32. The summed E-state index contributed by atoms with van der Waals surface area (Å²) in [5.74, 6) is 1.53. The number of carbonyl (C=O) groups is 1. The normalized spacial score (nSPS) is 11.8. The van der Waals surface area contributed by atoms with Gasteiger partial charge in [-0.25, -0.2) is 4.98 Å². The van der Waals surface area contributed by atoms with Crippen LogP contribution in [0.4, 0.5) is 5.82 Å². The molecule has 0 saturated heterocycles. The molecule has 1 aromatic carbocycles. The smallest absolute Gasteiger partial charge is 0.263 e. The molecule has 2 rings (SSSR count). The van der Waals surface area contributed by atoms with E-state index in [9.17, 15) is 4.79 Å². The molecule has 0 aliphatic rings. The lowest BCUT2D eigenvalue weighted by atomic mass is 9.99. The zero-order chi connectivity index (χ0) is 15.9. The summed E-state index contributed by atoms with van der Waals surface area (Å²) >= 11 is 2.16. The van der Waals surface area contributed by atoms with Crippen molar-refractivity contribution in [3.63, 3.8) is 0 Å². The van der Waals surface area contributed by atoms with Crippen molar-refractivity contribution in [3.05, 3.63) is 51.7 Å². The summed E-state index contributed by atoms with van der Waals surface area (Å²) in [5.41, 5.74) is 1.28. The number of benzene rings is 1. The molecule has 116 valence electrons. The summed E-state index contributed by atoms with van der Waals surface area (Å²) in [6.45, 7) is 4.33. The Labute approximate surface area is 144 Å². The summed E-state index contributed by atoms with van der Waals surface area (Å²) < 4.78 is 6.51. The predicted molar refractivity (Wildman–Crippen MR) is 96.2 cm³/mol. The van der Waals surface area contributed by atoms with Crippen LogP contribution in [-0.4, -0.2) is 17.5 Å². The number of anilines is 1. The van der Waals surface area contributed by atoms with Crippen molar-refractivity contribution in [3.8, 4) is 5.75 Å². The maximum Gasteiger partial charge on any atom is 0.263 e.